The van der Waals surface area contributed by atoms with Gasteiger partial charge >= 0.3 is 0 Å². The van der Waals surface area contributed by atoms with Gasteiger partial charge in [0, 0.05) is 49.6 Å². The molecule has 208 valence electrons. The van der Waals surface area contributed by atoms with Gasteiger partial charge in [-0.3, -0.25) is 14.4 Å². The van der Waals surface area contributed by atoms with Crippen LogP contribution in [0.4, 0.5) is 0 Å². The van der Waals surface area contributed by atoms with Crippen molar-refractivity contribution in [1.82, 2.24) is 10.2 Å². The second-order valence-electron chi connectivity index (χ2n) is 9.54. The minimum Gasteiger partial charge on any atom is -0.493 e. The molecule has 3 aliphatic rings. The topological polar surface area (TPSA) is 144 Å². The average Bonchev–Trinajstić information content (AvgIpc) is 3.61. The molecule has 0 saturated carbocycles. The first-order chi connectivity index (χ1) is 18.4. The van der Waals surface area contributed by atoms with Crippen LogP contribution in [0.3, 0.4) is 0 Å². The van der Waals surface area contributed by atoms with E-state index in [1.807, 2.05) is 6.92 Å². The van der Waals surface area contributed by atoms with Crippen molar-refractivity contribution in [2.75, 3.05) is 53.2 Å². The third-order valence-corrected chi connectivity index (χ3v) is 7.22. The number of rotatable bonds is 12. The summed E-state index contributed by atoms with van der Waals surface area (Å²) < 4.78 is 22.6. The Labute approximate surface area is 221 Å². The average molecular weight is 533 g/mol. The molecule has 1 aromatic carbocycles. The summed E-state index contributed by atoms with van der Waals surface area (Å²) >= 11 is 0. The maximum Gasteiger partial charge on any atom is 0.247 e. The molecule has 4 rings (SSSR count). The fraction of sp³-hybridized carbons (Fsp3) is 0.593. The van der Waals surface area contributed by atoms with E-state index in [9.17, 15) is 24.6 Å². The maximum atomic E-state index is 13.6. The van der Waals surface area contributed by atoms with Gasteiger partial charge in [-0.1, -0.05) is 0 Å². The number of aliphatic hydroxyl groups excluding tert-OH is 2. The van der Waals surface area contributed by atoms with E-state index in [1.165, 1.54) is 13.2 Å². The summed E-state index contributed by atoms with van der Waals surface area (Å²) in [6.45, 7) is 3.76. The molecule has 2 heterocycles. The Hall–Kier alpha value is -2.99. The number of carbonyl (C=O) groups excluding carboxylic acids is 3. The van der Waals surface area contributed by atoms with Crippen molar-refractivity contribution in [2.45, 2.75) is 43.9 Å². The summed E-state index contributed by atoms with van der Waals surface area (Å²) in [6.07, 6.45) is 1.33. The van der Waals surface area contributed by atoms with Gasteiger partial charge in [-0.05, 0) is 38.0 Å². The van der Waals surface area contributed by atoms with E-state index >= 15 is 0 Å². The molecule has 0 aromatic heterocycles. The first-order valence-corrected chi connectivity index (χ1v) is 13.0. The molecule has 0 bridgehead atoms. The molecule has 1 aliphatic carbocycles. The highest BCUT2D eigenvalue weighted by atomic mass is 16.5. The van der Waals surface area contributed by atoms with Gasteiger partial charge in [0.05, 0.1) is 38.2 Å². The molecule has 11 heteroatoms. The van der Waals surface area contributed by atoms with E-state index < -0.39 is 30.1 Å². The van der Waals surface area contributed by atoms with Crippen molar-refractivity contribution in [3.63, 3.8) is 0 Å². The van der Waals surface area contributed by atoms with E-state index in [-0.39, 0.29) is 30.5 Å². The molecule has 38 heavy (non-hydrogen) atoms. The van der Waals surface area contributed by atoms with Crippen LogP contribution in [0.2, 0.25) is 0 Å². The van der Waals surface area contributed by atoms with E-state index in [1.54, 1.807) is 17.0 Å². The summed E-state index contributed by atoms with van der Waals surface area (Å²) in [4.78, 5) is 40.2. The van der Waals surface area contributed by atoms with Gasteiger partial charge < -0.3 is 39.4 Å². The number of nitrogens with one attached hydrogen (secondary N) is 1. The lowest BCUT2D eigenvalue weighted by Crippen LogP contribution is -2.57. The van der Waals surface area contributed by atoms with Crippen LogP contribution >= 0.6 is 0 Å². The van der Waals surface area contributed by atoms with E-state index in [2.05, 4.69) is 5.32 Å². The van der Waals surface area contributed by atoms with Gasteiger partial charge in [0.2, 0.25) is 11.8 Å². The van der Waals surface area contributed by atoms with E-state index in [4.69, 9.17) is 18.9 Å². The number of aliphatic hydroxyl groups is 2. The minimum atomic E-state index is -1.18. The summed E-state index contributed by atoms with van der Waals surface area (Å²) in [5.41, 5.74) is 1.16. The van der Waals surface area contributed by atoms with Crippen LogP contribution in [0, 0.1) is 5.92 Å². The normalized spacial score (nSPS) is 25.6. The van der Waals surface area contributed by atoms with E-state index in [0.717, 1.165) is 0 Å². The van der Waals surface area contributed by atoms with Crippen molar-refractivity contribution < 1.29 is 43.5 Å². The van der Waals surface area contributed by atoms with Crippen LogP contribution in [-0.4, -0.2) is 105 Å². The summed E-state index contributed by atoms with van der Waals surface area (Å²) in [7, 11) is 1.45. The number of fused-ring (bicyclic) bond motifs is 3. The number of aldehydes is 1. The number of methoxy groups -OCH3 is 1. The molecule has 1 unspecified atom stereocenters. The van der Waals surface area contributed by atoms with Gasteiger partial charge in [-0.15, -0.1) is 0 Å². The lowest BCUT2D eigenvalue weighted by Gasteiger charge is -2.41. The van der Waals surface area contributed by atoms with Crippen molar-refractivity contribution >= 4 is 18.1 Å². The molecule has 0 spiro atoms. The second-order valence-corrected chi connectivity index (χ2v) is 9.54. The Morgan fingerprint density at radius 1 is 1.32 bits per heavy atom. The van der Waals surface area contributed by atoms with Crippen LogP contribution in [0.1, 0.15) is 41.6 Å². The Balaban J connectivity index is 1.75. The number of benzene rings is 1. The van der Waals surface area contributed by atoms with Crippen molar-refractivity contribution in [3.8, 4) is 11.5 Å². The number of hydrogen-bond acceptors (Lipinski definition) is 9. The zero-order chi connectivity index (χ0) is 27.2. The molecule has 2 amide bonds. The maximum absolute atomic E-state index is 13.6. The predicted molar refractivity (Wildman–Crippen MR) is 135 cm³/mol. The SMILES string of the molecule is CCOCCCN(C(=O)C1CCOC1)[C@@H]1C=C(C(=O)NCCO)[C@@H]2c3cc(C=O)cc(OC)c3O[C@@H]2[C@H]1O. The second kappa shape index (κ2) is 12.7. The number of amides is 2. The highest BCUT2D eigenvalue weighted by molar-refractivity contribution is 5.96. The number of ether oxygens (including phenoxy) is 4. The molecular weight excluding hydrogens is 496 g/mol. The standard InChI is InChI=1S/C27H36N2O9/c1-3-36-9-4-7-29(27(34)17-5-10-37-15-17)20-13-19(26(33)28-6-8-30)22-18-11-16(14-31)12-21(35-2)24(18)38-25(22)23(20)32/h11-14,17,20,22-23,25,30,32H,3-10,15H2,1-2H3,(H,28,33)/t17?,20-,22+,23+,25+/m1/s1. The minimum absolute atomic E-state index is 0.0304. The molecule has 11 nitrogen and oxygen atoms in total. The largest absolute Gasteiger partial charge is 0.493 e. The molecule has 5 atom stereocenters. The number of hydrogen-bond donors (Lipinski definition) is 3. The fourth-order valence-electron chi connectivity index (χ4n) is 5.41. The zero-order valence-corrected chi connectivity index (χ0v) is 21.8. The summed E-state index contributed by atoms with van der Waals surface area (Å²) in [5.74, 6) is -1.02. The van der Waals surface area contributed by atoms with Gasteiger partial charge in [0.15, 0.2) is 11.5 Å². The van der Waals surface area contributed by atoms with Crippen LogP contribution in [0.25, 0.3) is 0 Å². The molecule has 0 radical (unpaired) electrons. The van der Waals surface area contributed by atoms with Crippen molar-refractivity contribution in [3.05, 3.63) is 34.9 Å². The van der Waals surface area contributed by atoms with Crippen molar-refractivity contribution in [1.29, 1.82) is 0 Å². The predicted octanol–water partition coefficient (Wildman–Crippen LogP) is 0.422. The lowest BCUT2D eigenvalue weighted by molar-refractivity contribution is -0.141. The molecule has 3 N–H and O–H groups in total. The monoisotopic (exact) mass is 532 g/mol. The molecule has 1 aromatic rings. The highest BCUT2D eigenvalue weighted by Crippen LogP contribution is 2.51. The Kier molecular flexibility index (Phi) is 9.37. The first-order valence-electron chi connectivity index (χ1n) is 13.0. The Bertz CT molecular complexity index is 1050. The summed E-state index contributed by atoms with van der Waals surface area (Å²) in [5, 5.41) is 23.6. The van der Waals surface area contributed by atoms with Crippen LogP contribution in [0.5, 0.6) is 11.5 Å². The number of carbonyl (C=O) groups is 3. The first kappa shape index (κ1) is 28.0. The van der Waals surface area contributed by atoms with E-state index in [0.29, 0.717) is 74.7 Å². The third-order valence-electron chi connectivity index (χ3n) is 7.22. The van der Waals surface area contributed by atoms with Crippen LogP contribution in [0.15, 0.2) is 23.8 Å². The highest BCUT2D eigenvalue weighted by Gasteiger charge is 2.51. The van der Waals surface area contributed by atoms with Gasteiger partial charge in [-0.25, -0.2) is 0 Å². The van der Waals surface area contributed by atoms with Crippen molar-refractivity contribution in [2.24, 2.45) is 5.92 Å². The van der Waals surface area contributed by atoms with Crippen LogP contribution < -0.4 is 14.8 Å². The number of nitrogens with zero attached hydrogens (tertiary/aromatic N) is 1. The summed E-state index contributed by atoms with van der Waals surface area (Å²) in [6, 6.07) is 2.30. The molecular formula is C27H36N2O9. The van der Waals surface area contributed by atoms with Gasteiger partial charge in [0.25, 0.3) is 0 Å². The third kappa shape index (κ3) is 5.56. The Morgan fingerprint density at radius 2 is 2.13 bits per heavy atom. The molecule has 1 saturated heterocycles. The molecule has 1 fully saturated rings. The van der Waals surface area contributed by atoms with Crippen LogP contribution in [-0.2, 0) is 19.1 Å². The smallest absolute Gasteiger partial charge is 0.247 e. The quantitative estimate of drug-likeness (QED) is 0.258. The van der Waals surface area contributed by atoms with Gasteiger partial charge in [0.1, 0.15) is 18.5 Å². The Morgan fingerprint density at radius 3 is 2.79 bits per heavy atom. The molecule has 2 aliphatic heterocycles. The fourth-order valence-corrected chi connectivity index (χ4v) is 5.41. The zero-order valence-electron chi connectivity index (χ0n) is 21.8. The van der Waals surface area contributed by atoms with Gasteiger partial charge in [-0.2, -0.15) is 0 Å². The lowest BCUT2D eigenvalue weighted by atomic mass is 9.77.